The first kappa shape index (κ1) is 22.4. The Bertz CT molecular complexity index is 620. The molecule has 3 N–H and O–H groups in total. The maximum absolute atomic E-state index is 12.4. The topological polar surface area (TPSA) is 114 Å². The molecule has 1 aromatic carbocycles. The van der Waals surface area contributed by atoms with E-state index in [1.807, 2.05) is 30.3 Å². The zero-order chi connectivity index (χ0) is 20.4. The number of ether oxygens (including phenoxy) is 2. The second-order valence-electron chi connectivity index (χ2n) is 6.51. The van der Waals surface area contributed by atoms with E-state index in [2.05, 4.69) is 15.4 Å². The Morgan fingerprint density at radius 2 is 1.67 bits per heavy atom. The largest absolute Gasteiger partial charge is 0.469 e. The second-order valence-corrected chi connectivity index (χ2v) is 6.51. The first-order chi connectivity index (χ1) is 12.8. The predicted octanol–water partition coefficient (Wildman–Crippen LogP) is 1.02. The van der Waals surface area contributed by atoms with Gasteiger partial charge in [-0.15, -0.1) is 0 Å². The first-order valence-corrected chi connectivity index (χ1v) is 8.72. The van der Waals surface area contributed by atoms with E-state index in [1.165, 1.54) is 14.2 Å². The number of carbonyl (C=O) groups is 3. The van der Waals surface area contributed by atoms with E-state index in [9.17, 15) is 19.5 Å². The molecule has 0 spiro atoms. The molecule has 0 saturated heterocycles. The van der Waals surface area contributed by atoms with Gasteiger partial charge in [0.25, 0.3) is 0 Å². The third kappa shape index (κ3) is 7.65. The highest BCUT2D eigenvalue weighted by molar-refractivity contribution is 5.84. The first-order valence-electron chi connectivity index (χ1n) is 8.72. The van der Waals surface area contributed by atoms with Crippen molar-refractivity contribution in [2.24, 2.45) is 5.92 Å². The second kappa shape index (κ2) is 11.2. The van der Waals surface area contributed by atoms with Crippen molar-refractivity contribution in [2.45, 2.75) is 44.9 Å². The van der Waals surface area contributed by atoms with Gasteiger partial charge in [0.1, 0.15) is 6.04 Å². The Balaban J connectivity index is 2.86. The Labute approximate surface area is 159 Å². The minimum absolute atomic E-state index is 0.184. The van der Waals surface area contributed by atoms with Gasteiger partial charge in [-0.1, -0.05) is 44.2 Å². The number of aliphatic hydroxyl groups is 1. The highest BCUT2D eigenvalue weighted by Gasteiger charge is 2.28. The van der Waals surface area contributed by atoms with Gasteiger partial charge in [0.05, 0.1) is 32.8 Å². The average Bonchev–Trinajstić information content (AvgIpc) is 2.65. The van der Waals surface area contributed by atoms with Gasteiger partial charge in [0, 0.05) is 0 Å². The number of methoxy groups -OCH3 is 2. The SMILES string of the molecule is COC(=O)C[C@H](O)[C@H](Cc1ccccc1)NC(=O)N[C@H](C(=O)OC)C(C)C. The van der Waals surface area contributed by atoms with Crippen LogP contribution < -0.4 is 10.6 Å². The summed E-state index contributed by atoms with van der Waals surface area (Å²) in [5.74, 6) is -1.33. The fourth-order valence-corrected chi connectivity index (χ4v) is 2.52. The molecule has 1 rings (SSSR count). The number of urea groups is 1. The highest BCUT2D eigenvalue weighted by Crippen LogP contribution is 2.10. The molecule has 0 aliphatic heterocycles. The fraction of sp³-hybridized carbons (Fsp3) is 0.526. The Morgan fingerprint density at radius 3 is 2.19 bits per heavy atom. The smallest absolute Gasteiger partial charge is 0.328 e. The number of rotatable bonds is 9. The van der Waals surface area contributed by atoms with Crippen LogP contribution in [0.3, 0.4) is 0 Å². The summed E-state index contributed by atoms with van der Waals surface area (Å²) in [4.78, 5) is 35.7. The third-order valence-corrected chi connectivity index (χ3v) is 4.09. The Morgan fingerprint density at radius 1 is 1.04 bits per heavy atom. The van der Waals surface area contributed by atoms with Crippen molar-refractivity contribution in [2.75, 3.05) is 14.2 Å². The van der Waals surface area contributed by atoms with Crippen LogP contribution in [0.2, 0.25) is 0 Å². The number of esters is 2. The standard InChI is InChI=1S/C19H28N2O6/c1-12(2)17(18(24)27-4)21-19(25)20-14(15(22)11-16(23)26-3)10-13-8-6-5-7-9-13/h5-9,12,14-15,17,22H,10-11H2,1-4H3,(H2,20,21,25)/t14-,15-,17-/m0/s1. The summed E-state index contributed by atoms with van der Waals surface area (Å²) < 4.78 is 9.28. The summed E-state index contributed by atoms with van der Waals surface area (Å²) >= 11 is 0. The summed E-state index contributed by atoms with van der Waals surface area (Å²) in [6.45, 7) is 3.55. The van der Waals surface area contributed by atoms with Crippen molar-refractivity contribution in [1.82, 2.24) is 10.6 Å². The summed E-state index contributed by atoms with van der Waals surface area (Å²) in [5, 5.41) is 15.6. The maximum atomic E-state index is 12.4. The van der Waals surface area contributed by atoms with E-state index < -0.39 is 36.2 Å². The third-order valence-electron chi connectivity index (χ3n) is 4.09. The fourth-order valence-electron chi connectivity index (χ4n) is 2.52. The van der Waals surface area contributed by atoms with Crippen molar-refractivity contribution < 1.29 is 29.0 Å². The minimum Gasteiger partial charge on any atom is -0.469 e. The van der Waals surface area contributed by atoms with Crippen LogP contribution in [-0.2, 0) is 25.5 Å². The van der Waals surface area contributed by atoms with Gasteiger partial charge >= 0.3 is 18.0 Å². The summed E-state index contributed by atoms with van der Waals surface area (Å²) in [6.07, 6.45) is -1.12. The molecule has 27 heavy (non-hydrogen) atoms. The zero-order valence-corrected chi connectivity index (χ0v) is 16.1. The minimum atomic E-state index is -1.15. The van der Waals surface area contributed by atoms with Crippen LogP contribution in [-0.4, -0.2) is 55.5 Å². The molecule has 0 aliphatic rings. The maximum Gasteiger partial charge on any atom is 0.328 e. The molecule has 8 heteroatoms. The molecule has 8 nitrogen and oxygen atoms in total. The van der Waals surface area contributed by atoms with Gasteiger partial charge in [0.15, 0.2) is 0 Å². The molecule has 3 atom stereocenters. The lowest BCUT2D eigenvalue weighted by molar-refractivity contribution is -0.144. The van der Waals surface area contributed by atoms with Gasteiger partial charge in [-0.2, -0.15) is 0 Å². The lowest BCUT2D eigenvalue weighted by Crippen LogP contribution is -2.54. The van der Waals surface area contributed by atoms with Crippen LogP contribution in [0.15, 0.2) is 30.3 Å². The van der Waals surface area contributed by atoms with Crippen LogP contribution in [0, 0.1) is 5.92 Å². The van der Waals surface area contributed by atoms with Gasteiger partial charge in [-0.25, -0.2) is 9.59 Å². The van der Waals surface area contributed by atoms with Crippen LogP contribution >= 0.6 is 0 Å². The van der Waals surface area contributed by atoms with Gasteiger partial charge < -0.3 is 25.2 Å². The molecule has 0 bridgehead atoms. The molecule has 150 valence electrons. The molecule has 0 saturated carbocycles. The van der Waals surface area contributed by atoms with Crippen LogP contribution in [0.4, 0.5) is 4.79 Å². The quantitative estimate of drug-likeness (QED) is 0.551. The number of carbonyl (C=O) groups excluding carboxylic acids is 3. The number of hydrogen-bond acceptors (Lipinski definition) is 6. The van der Waals surface area contributed by atoms with Crippen LogP contribution in [0.1, 0.15) is 25.8 Å². The summed E-state index contributed by atoms with van der Waals surface area (Å²) in [5.41, 5.74) is 0.875. The van der Waals surface area contributed by atoms with E-state index >= 15 is 0 Å². The van der Waals surface area contributed by atoms with Gasteiger partial charge in [-0.05, 0) is 17.9 Å². The number of nitrogens with one attached hydrogen (secondary N) is 2. The predicted molar refractivity (Wildman–Crippen MR) is 98.9 cm³/mol. The molecule has 1 aromatic rings. The lowest BCUT2D eigenvalue weighted by atomic mass is 9.99. The Hall–Kier alpha value is -2.61. The van der Waals surface area contributed by atoms with Gasteiger partial charge in [0.2, 0.25) is 0 Å². The van der Waals surface area contributed by atoms with E-state index in [1.54, 1.807) is 13.8 Å². The monoisotopic (exact) mass is 380 g/mol. The van der Waals surface area contributed by atoms with Crippen molar-refractivity contribution in [3.05, 3.63) is 35.9 Å². The van der Waals surface area contributed by atoms with Crippen molar-refractivity contribution in [3.63, 3.8) is 0 Å². The molecule has 0 aromatic heterocycles. The zero-order valence-electron chi connectivity index (χ0n) is 16.1. The molecule has 0 unspecified atom stereocenters. The number of benzene rings is 1. The number of amides is 2. The van der Waals surface area contributed by atoms with Crippen molar-refractivity contribution in [3.8, 4) is 0 Å². The van der Waals surface area contributed by atoms with E-state index in [4.69, 9.17) is 4.74 Å². The summed E-state index contributed by atoms with van der Waals surface area (Å²) in [6, 6.07) is 7.01. The van der Waals surface area contributed by atoms with Crippen molar-refractivity contribution in [1.29, 1.82) is 0 Å². The molecule has 0 heterocycles. The van der Waals surface area contributed by atoms with E-state index in [0.29, 0.717) is 6.42 Å². The van der Waals surface area contributed by atoms with Crippen LogP contribution in [0.5, 0.6) is 0 Å². The van der Waals surface area contributed by atoms with Gasteiger partial charge in [-0.3, -0.25) is 4.79 Å². The Kier molecular flexibility index (Phi) is 9.29. The number of aliphatic hydroxyl groups excluding tert-OH is 1. The molecular weight excluding hydrogens is 352 g/mol. The van der Waals surface area contributed by atoms with Crippen molar-refractivity contribution >= 4 is 18.0 Å². The van der Waals surface area contributed by atoms with E-state index in [-0.39, 0.29) is 12.3 Å². The van der Waals surface area contributed by atoms with E-state index in [0.717, 1.165) is 5.56 Å². The molecule has 0 radical (unpaired) electrons. The summed E-state index contributed by atoms with van der Waals surface area (Å²) in [7, 11) is 2.47. The lowest BCUT2D eigenvalue weighted by Gasteiger charge is -2.26. The molecule has 2 amide bonds. The number of hydrogen-bond donors (Lipinski definition) is 3. The molecule has 0 fully saturated rings. The molecule has 0 aliphatic carbocycles. The average molecular weight is 380 g/mol. The highest BCUT2D eigenvalue weighted by atomic mass is 16.5. The van der Waals surface area contributed by atoms with Crippen LogP contribution in [0.25, 0.3) is 0 Å². The molecular formula is C19H28N2O6. The normalized spacial score (nSPS) is 14.0.